The maximum Gasteiger partial charge on any atom is 0.387 e. The lowest BCUT2D eigenvalue weighted by Gasteiger charge is -2.12. The molecule has 1 fully saturated rings. The Morgan fingerprint density at radius 1 is 1.53 bits per heavy atom. The van der Waals surface area contributed by atoms with E-state index in [0.717, 1.165) is 6.42 Å². The number of carbonyl (C=O) groups is 1. The third-order valence-electron chi connectivity index (χ3n) is 2.64. The first-order valence-electron chi connectivity index (χ1n) is 5.73. The van der Waals surface area contributed by atoms with E-state index in [1.807, 2.05) is 0 Å². The number of anilines is 1. The van der Waals surface area contributed by atoms with Gasteiger partial charge in [0.25, 0.3) is 5.91 Å². The van der Waals surface area contributed by atoms with E-state index in [1.54, 1.807) is 0 Å². The Labute approximate surface area is 113 Å². The van der Waals surface area contributed by atoms with Crippen molar-refractivity contribution in [3.05, 3.63) is 23.2 Å². The fraction of sp³-hybridized carbons (Fsp3) is 0.417. The van der Waals surface area contributed by atoms with Crippen LogP contribution in [-0.2, 0) is 9.53 Å². The summed E-state index contributed by atoms with van der Waals surface area (Å²) in [6.45, 7) is -2.37. The van der Waals surface area contributed by atoms with Crippen LogP contribution in [0.25, 0.3) is 0 Å². The molecule has 1 aromatic rings. The van der Waals surface area contributed by atoms with Crippen LogP contribution in [0.3, 0.4) is 0 Å². The summed E-state index contributed by atoms with van der Waals surface area (Å²) in [5.74, 6) is -0.400. The maximum absolute atomic E-state index is 12.0. The Morgan fingerprint density at radius 3 is 2.89 bits per heavy atom. The van der Waals surface area contributed by atoms with Gasteiger partial charge in [-0.3, -0.25) is 4.79 Å². The largest absolute Gasteiger partial charge is 0.433 e. The zero-order valence-electron chi connectivity index (χ0n) is 9.87. The maximum atomic E-state index is 12.0. The molecule has 0 spiro atoms. The number of carbonyl (C=O) groups excluding carboxylic acids is 1. The molecule has 0 aliphatic carbocycles. The van der Waals surface area contributed by atoms with Gasteiger partial charge in [0.2, 0.25) is 0 Å². The predicted molar refractivity (Wildman–Crippen MR) is 65.7 cm³/mol. The molecular formula is C12H12ClF2NO3. The highest BCUT2D eigenvalue weighted by molar-refractivity contribution is 6.32. The van der Waals surface area contributed by atoms with Crippen LogP contribution in [0.15, 0.2) is 18.2 Å². The fourth-order valence-corrected chi connectivity index (χ4v) is 2.00. The Morgan fingerprint density at radius 2 is 2.32 bits per heavy atom. The second-order valence-corrected chi connectivity index (χ2v) is 4.42. The van der Waals surface area contributed by atoms with Crippen molar-refractivity contribution in [3.8, 4) is 5.75 Å². The average molecular weight is 292 g/mol. The fourth-order valence-electron chi connectivity index (χ4n) is 1.78. The van der Waals surface area contributed by atoms with Crippen molar-refractivity contribution < 1.29 is 23.0 Å². The van der Waals surface area contributed by atoms with Crippen molar-refractivity contribution in [1.82, 2.24) is 0 Å². The van der Waals surface area contributed by atoms with Gasteiger partial charge >= 0.3 is 6.61 Å². The summed E-state index contributed by atoms with van der Waals surface area (Å²) in [4.78, 5) is 11.8. The molecule has 2 rings (SSSR count). The number of alkyl halides is 2. The number of ether oxygens (including phenoxy) is 2. The summed E-state index contributed by atoms with van der Waals surface area (Å²) in [5.41, 5.74) is 0.409. The minimum atomic E-state index is -2.94. The number of hydrogen-bond acceptors (Lipinski definition) is 3. The zero-order valence-corrected chi connectivity index (χ0v) is 10.6. The molecule has 1 aliphatic rings. The summed E-state index contributed by atoms with van der Waals surface area (Å²) in [6, 6.07) is 4.07. The molecule has 1 N–H and O–H groups in total. The van der Waals surface area contributed by atoms with Crippen LogP contribution < -0.4 is 10.1 Å². The zero-order chi connectivity index (χ0) is 13.8. The number of halogens is 3. The second kappa shape index (κ2) is 6.16. The summed E-state index contributed by atoms with van der Waals surface area (Å²) in [5, 5.41) is 2.62. The molecule has 1 atom stereocenters. The van der Waals surface area contributed by atoms with Gasteiger partial charge in [-0.15, -0.1) is 0 Å². The monoisotopic (exact) mass is 291 g/mol. The molecule has 1 aromatic carbocycles. The van der Waals surface area contributed by atoms with Gasteiger partial charge in [0, 0.05) is 12.3 Å². The number of rotatable bonds is 4. The lowest BCUT2D eigenvalue weighted by molar-refractivity contribution is -0.124. The molecule has 1 heterocycles. The molecule has 104 valence electrons. The van der Waals surface area contributed by atoms with E-state index in [1.165, 1.54) is 18.2 Å². The van der Waals surface area contributed by atoms with Crippen LogP contribution in [0.5, 0.6) is 5.75 Å². The number of nitrogens with one attached hydrogen (secondary N) is 1. The quantitative estimate of drug-likeness (QED) is 0.927. The van der Waals surface area contributed by atoms with E-state index in [2.05, 4.69) is 10.1 Å². The third-order valence-corrected chi connectivity index (χ3v) is 2.93. The Hall–Kier alpha value is -1.40. The molecule has 1 amide bonds. The Balaban J connectivity index is 2.01. The number of benzene rings is 1. The summed E-state index contributed by atoms with van der Waals surface area (Å²) < 4.78 is 33.5. The highest BCUT2D eigenvalue weighted by atomic mass is 35.5. The van der Waals surface area contributed by atoms with Crippen LogP contribution in [0.1, 0.15) is 12.8 Å². The van der Waals surface area contributed by atoms with Crippen LogP contribution in [0.2, 0.25) is 5.02 Å². The third kappa shape index (κ3) is 3.78. The SMILES string of the molecule is O=C(Nc1ccc(OC(F)F)c(Cl)c1)[C@@H]1CCCO1. The smallest absolute Gasteiger partial charge is 0.387 e. The summed E-state index contributed by atoms with van der Waals surface area (Å²) >= 11 is 5.78. The van der Waals surface area contributed by atoms with Gasteiger partial charge < -0.3 is 14.8 Å². The van der Waals surface area contributed by atoms with Crippen molar-refractivity contribution in [2.45, 2.75) is 25.6 Å². The molecule has 1 saturated heterocycles. The molecule has 19 heavy (non-hydrogen) atoms. The number of hydrogen-bond donors (Lipinski definition) is 1. The minimum absolute atomic E-state index is 0.00504. The average Bonchev–Trinajstić information content (AvgIpc) is 2.86. The molecule has 7 heteroatoms. The highest BCUT2D eigenvalue weighted by Crippen LogP contribution is 2.29. The van der Waals surface area contributed by atoms with E-state index in [0.29, 0.717) is 18.7 Å². The van der Waals surface area contributed by atoms with E-state index >= 15 is 0 Å². The lowest BCUT2D eigenvalue weighted by Crippen LogP contribution is -2.26. The van der Waals surface area contributed by atoms with Crippen LogP contribution in [-0.4, -0.2) is 25.2 Å². The molecule has 0 unspecified atom stereocenters. The van der Waals surface area contributed by atoms with Gasteiger partial charge in [0.1, 0.15) is 11.9 Å². The molecular weight excluding hydrogens is 280 g/mol. The van der Waals surface area contributed by atoms with Gasteiger partial charge in [0.15, 0.2) is 0 Å². The minimum Gasteiger partial charge on any atom is -0.433 e. The molecule has 0 bridgehead atoms. The van der Waals surface area contributed by atoms with Crippen molar-refractivity contribution in [2.24, 2.45) is 0 Å². The summed E-state index contributed by atoms with van der Waals surface area (Å²) in [6.07, 6.45) is 1.06. The predicted octanol–water partition coefficient (Wildman–Crippen LogP) is 3.06. The molecule has 0 saturated carbocycles. The van der Waals surface area contributed by atoms with Gasteiger partial charge in [-0.1, -0.05) is 11.6 Å². The van der Waals surface area contributed by atoms with Crippen molar-refractivity contribution in [1.29, 1.82) is 0 Å². The van der Waals surface area contributed by atoms with E-state index in [4.69, 9.17) is 16.3 Å². The topological polar surface area (TPSA) is 47.6 Å². The molecule has 4 nitrogen and oxygen atoms in total. The molecule has 0 aromatic heterocycles. The Bertz CT molecular complexity index is 464. The van der Waals surface area contributed by atoms with Crippen molar-refractivity contribution >= 4 is 23.2 Å². The standard InChI is InChI=1S/C12H12ClF2NO3/c13-8-6-7(3-4-9(8)19-12(14)15)16-11(17)10-2-1-5-18-10/h3-4,6,10,12H,1-2,5H2,(H,16,17)/t10-/m0/s1. The van der Waals surface area contributed by atoms with Crippen molar-refractivity contribution in [2.75, 3.05) is 11.9 Å². The first-order chi connectivity index (χ1) is 9.06. The molecule has 1 aliphatic heterocycles. The van der Waals surface area contributed by atoms with Gasteiger partial charge in [-0.25, -0.2) is 0 Å². The first-order valence-corrected chi connectivity index (χ1v) is 6.11. The van der Waals surface area contributed by atoms with E-state index in [9.17, 15) is 13.6 Å². The summed E-state index contributed by atoms with van der Waals surface area (Å²) in [7, 11) is 0. The van der Waals surface area contributed by atoms with Crippen LogP contribution in [0.4, 0.5) is 14.5 Å². The van der Waals surface area contributed by atoms with Gasteiger partial charge in [-0.2, -0.15) is 8.78 Å². The van der Waals surface area contributed by atoms with Crippen LogP contribution in [0, 0.1) is 0 Å². The normalized spacial score (nSPS) is 18.6. The lowest BCUT2D eigenvalue weighted by atomic mass is 10.2. The highest BCUT2D eigenvalue weighted by Gasteiger charge is 2.23. The number of amides is 1. The first kappa shape index (κ1) is 14.0. The van der Waals surface area contributed by atoms with Crippen LogP contribution >= 0.6 is 11.6 Å². The molecule has 0 radical (unpaired) electrons. The van der Waals surface area contributed by atoms with Gasteiger partial charge in [0.05, 0.1) is 5.02 Å². The Kier molecular flexibility index (Phi) is 4.55. The van der Waals surface area contributed by atoms with E-state index < -0.39 is 12.7 Å². The van der Waals surface area contributed by atoms with Gasteiger partial charge in [-0.05, 0) is 31.0 Å². The second-order valence-electron chi connectivity index (χ2n) is 4.01. The van der Waals surface area contributed by atoms with E-state index in [-0.39, 0.29) is 16.7 Å². The van der Waals surface area contributed by atoms with Crippen molar-refractivity contribution in [3.63, 3.8) is 0 Å².